The first kappa shape index (κ1) is 18.5. The summed E-state index contributed by atoms with van der Waals surface area (Å²) in [5.74, 6) is -1.18. The number of carboxylic acid groups (broad SMARTS) is 1. The van der Waals surface area contributed by atoms with Gasteiger partial charge in [-0.15, -0.1) is 0 Å². The summed E-state index contributed by atoms with van der Waals surface area (Å²) in [7, 11) is 0. The number of aromatic nitrogens is 1. The number of carbonyl (C=O) groups is 2. The summed E-state index contributed by atoms with van der Waals surface area (Å²) in [5.41, 5.74) is 3.60. The molecule has 6 heteroatoms. The molecule has 2 aromatic carbocycles. The lowest BCUT2D eigenvalue weighted by molar-refractivity contribution is 0.0696. The van der Waals surface area contributed by atoms with E-state index in [-0.39, 0.29) is 11.3 Å². The Labute approximate surface area is 174 Å². The highest BCUT2D eigenvalue weighted by molar-refractivity contribution is 9.10. The number of ketones is 1. The average molecular weight is 455 g/mol. The van der Waals surface area contributed by atoms with Crippen molar-refractivity contribution in [1.29, 1.82) is 0 Å². The fourth-order valence-electron chi connectivity index (χ4n) is 3.19. The van der Waals surface area contributed by atoms with Gasteiger partial charge in [0.1, 0.15) is 0 Å². The minimum absolute atomic E-state index is 0.202. The number of carbonyl (C=O) groups excluding carboxylic acids is 1. The van der Waals surface area contributed by atoms with Crippen molar-refractivity contribution in [3.8, 4) is 11.1 Å². The maximum atomic E-state index is 13.3. The summed E-state index contributed by atoms with van der Waals surface area (Å²) in [4.78, 5) is 24.4. The first-order valence-electron chi connectivity index (χ1n) is 8.40. The number of rotatable bonds is 4. The predicted octanol–water partition coefficient (Wildman–Crippen LogP) is 5.95. The topological polar surface area (TPSA) is 58.8 Å². The van der Waals surface area contributed by atoms with Crippen LogP contribution in [0.3, 0.4) is 0 Å². The van der Waals surface area contributed by atoms with E-state index in [1.165, 1.54) is 0 Å². The van der Waals surface area contributed by atoms with Crippen LogP contribution in [0.2, 0.25) is 5.02 Å². The van der Waals surface area contributed by atoms with Gasteiger partial charge < -0.3 is 9.51 Å². The van der Waals surface area contributed by atoms with Gasteiger partial charge in [-0.05, 0) is 64.0 Å². The molecule has 138 valence electrons. The van der Waals surface area contributed by atoms with Gasteiger partial charge in [0.25, 0.3) is 0 Å². The minimum Gasteiger partial charge on any atom is -0.478 e. The third-order valence-electron chi connectivity index (χ3n) is 4.54. The molecule has 0 unspecified atom stereocenters. The zero-order valence-corrected chi connectivity index (χ0v) is 16.7. The monoisotopic (exact) mass is 453 g/mol. The van der Waals surface area contributed by atoms with Crippen molar-refractivity contribution in [2.45, 2.75) is 0 Å². The van der Waals surface area contributed by atoms with Crippen molar-refractivity contribution in [1.82, 2.24) is 4.40 Å². The van der Waals surface area contributed by atoms with Gasteiger partial charge >= 0.3 is 5.97 Å². The van der Waals surface area contributed by atoms with Crippen LogP contribution in [0, 0.1) is 0 Å². The quantitative estimate of drug-likeness (QED) is 0.388. The summed E-state index contributed by atoms with van der Waals surface area (Å²) in [6.45, 7) is 0. The first-order chi connectivity index (χ1) is 13.5. The Hall–Kier alpha value is -2.89. The average Bonchev–Trinajstić information content (AvgIpc) is 3.07. The van der Waals surface area contributed by atoms with Gasteiger partial charge in [-0.1, -0.05) is 35.9 Å². The second kappa shape index (κ2) is 7.26. The summed E-state index contributed by atoms with van der Waals surface area (Å²) < 4.78 is 2.45. The van der Waals surface area contributed by atoms with Crippen LogP contribution >= 0.6 is 27.5 Å². The number of benzene rings is 2. The molecule has 4 nitrogen and oxygen atoms in total. The molecule has 0 atom stereocenters. The molecule has 0 aliphatic carbocycles. The van der Waals surface area contributed by atoms with Gasteiger partial charge in [0.2, 0.25) is 5.78 Å². The number of hydrogen-bond acceptors (Lipinski definition) is 2. The number of carboxylic acids is 1. The van der Waals surface area contributed by atoms with E-state index in [9.17, 15) is 9.59 Å². The Morgan fingerprint density at radius 2 is 1.71 bits per heavy atom. The number of aromatic carboxylic acids is 1. The second-order valence-electron chi connectivity index (χ2n) is 6.21. The fraction of sp³-hybridized carbons (Fsp3) is 0. The summed E-state index contributed by atoms with van der Waals surface area (Å²) in [6.07, 6.45) is 1.82. The second-order valence-corrected chi connectivity index (χ2v) is 7.47. The lowest BCUT2D eigenvalue weighted by Crippen LogP contribution is -2.06. The molecule has 0 spiro atoms. The van der Waals surface area contributed by atoms with Gasteiger partial charge in [0.15, 0.2) is 0 Å². The molecule has 0 amide bonds. The van der Waals surface area contributed by atoms with E-state index in [1.54, 1.807) is 42.5 Å². The molecule has 2 heterocycles. The molecule has 0 radical (unpaired) electrons. The van der Waals surface area contributed by atoms with Gasteiger partial charge in [0.05, 0.1) is 27.4 Å². The van der Waals surface area contributed by atoms with Crippen LogP contribution in [0.15, 0.2) is 77.4 Å². The number of hydrogen-bond donors (Lipinski definition) is 1. The van der Waals surface area contributed by atoms with Crippen LogP contribution in [0.25, 0.3) is 16.6 Å². The smallest absolute Gasteiger partial charge is 0.335 e. The summed E-state index contributed by atoms with van der Waals surface area (Å²) >= 11 is 9.69. The Balaban J connectivity index is 1.90. The molecule has 0 bridgehead atoms. The number of pyridine rings is 1. The molecule has 1 N–H and O–H groups in total. The lowest BCUT2D eigenvalue weighted by atomic mass is 10.0. The van der Waals surface area contributed by atoms with Crippen LogP contribution in [0.5, 0.6) is 0 Å². The van der Waals surface area contributed by atoms with Crippen molar-refractivity contribution in [2.24, 2.45) is 0 Å². The molecule has 4 rings (SSSR count). The zero-order chi connectivity index (χ0) is 19.8. The molecule has 0 fully saturated rings. The van der Waals surface area contributed by atoms with Gasteiger partial charge in [-0.2, -0.15) is 0 Å². The highest BCUT2D eigenvalue weighted by Gasteiger charge is 2.21. The number of halogens is 2. The largest absolute Gasteiger partial charge is 0.478 e. The van der Waals surface area contributed by atoms with E-state index < -0.39 is 5.97 Å². The highest BCUT2D eigenvalue weighted by Crippen LogP contribution is 2.32. The van der Waals surface area contributed by atoms with Gasteiger partial charge in [-0.3, -0.25) is 4.79 Å². The van der Waals surface area contributed by atoms with E-state index in [0.717, 1.165) is 16.6 Å². The third-order valence-corrected chi connectivity index (χ3v) is 5.52. The normalized spacial score (nSPS) is 10.9. The SMILES string of the molecule is O=C(O)c1ccc(-c2cc(C(=O)c3c(Cl)cccc3Br)n3ccccc23)cc1. The molecule has 0 saturated carbocycles. The van der Waals surface area contributed by atoms with Crippen molar-refractivity contribution in [2.75, 3.05) is 0 Å². The van der Waals surface area contributed by atoms with E-state index in [1.807, 2.05) is 34.9 Å². The van der Waals surface area contributed by atoms with E-state index in [2.05, 4.69) is 15.9 Å². The zero-order valence-electron chi connectivity index (χ0n) is 14.4. The Kier molecular flexibility index (Phi) is 4.79. The van der Waals surface area contributed by atoms with E-state index >= 15 is 0 Å². The van der Waals surface area contributed by atoms with Crippen molar-refractivity contribution in [3.05, 3.63) is 99.2 Å². The van der Waals surface area contributed by atoms with Crippen LogP contribution in [0.1, 0.15) is 26.4 Å². The lowest BCUT2D eigenvalue weighted by Gasteiger charge is -2.06. The van der Waals surface area contributed by atoms with E-state index in [4.69, 9.17) is 16.7 Å². The van der Waals surface area contributed by atoms with Crippen LogP contribution in [-0.2, 0) is 0 Å². The molecule has 0 aliphatic rings. The van der Waals surface area contributed by atoms with Crippen LogP contribution in [0.4, 0.5) is 0 Å². The van der Waals surface area contributed by atoms with Crippen molar-refractivity contribution in [3.63, 3.8) is 0 Å². The minimum atomic E-state index is -0.979. The maximum Gasteiger partial charge on any atom is 0.335 e. The molecule has 0 aliphatic heterocycles. The van der Waals surface area contributed by atoms with Crippen LogP contribution < -0.4 is 0 Å². The Morgan fingerprint density at radius 1 is 0.964 bits per heavy atom. The standard InChI is InChI=1S/C22H13BrClNO3/c23-16-4-3-5-17(24)20(16)21(26)19-12-15(18-6-1-2-11-25(18)19)13-7-9-14(10-8-13)22(27)28/h1-12H,(H,27,28). The summed E-state index contributed by atoms with van der Waals surface area (Å²) in [5, 5.41) is 9.48. The van der Waals surface area contributed by atoms with Crippen molar-refractivity contribution >= 4 is 44.8 Å². The predicted molar refractivity (Wildman–Crippen MR) is 112 cm³/mol. The molecular weight excluding hydrogens is 442 g/mol. The molecule has 2 aromatic heterocycles. The molecular formula is C22H13BrClNO3. The van der Waals surface area contributed by atoms with E-state index in [0.29, 0.717) is 20.8 Å². The van der Waals surface area contributed by atoms with Crippen LogP contribution in [-0.4, -0.2) is 21.3 Å². The number of nitrogens with zero attached hydrogens (tertiary/aromatic N) is 1. The molecule has 0 saturated heterocycles. The van der Waals surface area contributed by atoms with Gasteiger partial charge in [-0.25, -0.2) is 4.79 Å². The first-order valence-corrected chi connectivity index (χ1v) is 9.57. The molecule has 28 heavy (non-hydrogen) atoms. The fourth-order valence-corrected chi connectivity index (χ4v) is 4.11. The number of fused-ring (bicyclic) bond motifs is 1. The Bertz CT molecular complexity index is 1210. The van der Waals surface area contributed by atoms with Crippen molar-refractivity contribution < 1.29 is 14.7 Å². The Morgan fingerprint density at radius 3 is 2.39 bits per heavy atom. The van der Waals surface area contributed by atoms with Gasteiger partial charge in [0, 0.05) is 16.2 Å². The summed E-state index contributed by atoms with van der Waals surface area (Å²) in [6, 6.07) is 19.3. The third kappa shape index (κ3) is 3.13. The molecule has 4 aromatic rings. The highest BCUT2D eigenvalue weighted by atomic mass is 79.9. The maximum absolute atomic E-state index is 13.3.